The van der Waals surface area contributed by atoms with Crippen LogP contribution in [0.25, 0.3) is 0 Å². The third-order valence-corrected chi connectivity index (χ3v) is 7.16. The van der Waals surface area contributed by atoms with Crippen molar-refractivity contribution in [2.45, 2.75) is 110 Å². The lowest BCUT2D eigenvalue weighted by Gasteiger charge is -2.36. The van der Waals surface area contributed by atoms with Gasteiger partial charge in [-0.25, -0.2) is 0 Å². The maximum absolute atomic E-state index is 12.2. The van der Waals surface area contributed by atoms with Crippen molar-refractivity contribution in [3.8, 4) is 0 Å². The molecular formula is C25H46N2O4. The van der Waals surface area contributed by atoms with Crippen LogP contribution in [0.1, 0.15) is 98.3 Å². The Morgan fingerprint density at radius 2 is 0.968 bits per heavy atom. The van der Waals surface area contributed by atoms with Crippen molar-refractivity contribution >= 4 is 11.9 Å². The lowest BCUT2D eigenvalue weighted by molar-refractivity contribution is -0.163. The Hall–Kier alpha value is -1.14. The zero-order chi connectivity index (χ0) is 22.7. The van der Waals surface area contributed by atoms with Gasteiger partial charge in [0.05, 0.1) is 0 Å². The molecule has 2 heterocycles. The van der Waals surface area contributed by atoms with Crippen molar-refractivity contribution < 1.29 is 19.1 Å². The van der Waals surface area contributed by atoms with Crippen LogP contribution in [-0.2, 0) is 19.1 Å². The van der Waals surface area contributed by atoms with Crippen LogP contribution in [0.2, 0.25) is 0 Å². The molecule has 0 aromatic carbocycles. The number of hydrogen-bond donors (Lipinski definition) is 2. The summed E-state index contributed by atoms with van der Waals surface area (Å²) in [6.07, 6.45) is 9.99. The SMILES string of the molecule is CC(C)(OC(=O)CCCCCCCC(=O)OC(C)(C)C1CCNCC1)C1CCNCC1. The van der Waals surface area contributed by atoms with Crippen molar-refractivity contribution in [1.82, 2.24) is 10.6 Å². The summed E-state index contributed by atoms with van der Waals surface area (Å²) in [5, 5.41) is 6.72. The molecule has 0 aromatic rings. The van der Waals surface area contributed by atoms with Crippen molar-refractivity contribution in [3.05, 3.63) is 0 Å². The molecule has 0 aromatic heterocycles. The van der Waals surface area contributed by atoms with E-state index in [1.54, 1.807) is 0 Å². The second kappa shape index (κ2) is 12.8. The summed E-state index contributed by atoms with van der Waals surface area (Å²) in [5.41, 5.74) is -0.747. The molecule has 2 aliphatic heterocycles. The van der Waals surface area contributed by atoms with Gasteiger partial charge >= 0.3 is 11.9 Å². The van der Waals surface area contributed by atoms with E-state index in [4.69, 9.17) is 9.47 Å². The van der Waals surface area contributed by atoms with E-state index < -0.39 is 0 Å². The normalized spacial score (nSPS) is 19.2. The van der Waals surface area contributed by atoms with E-state index in [1.807, 2.05) is 27.7 Å². The predicted molar refractivity (Wildman–Crippen MR) is 124 cm³/mol. The number of nitrogens with one attached hydrogen (secondary N) is 2. The monoisotopic (exact) mass is 438 g/mol. The molecule has 180 valence electrons. The smallest absolute Gasteiger partial charge is 0.306 e. The molecule has 2 saturated heterocycles. The fourth-order valence-corrected chi connectivity index (χ4v) is 4.96. The molecule has 2 rings (SSSR count). The first-order valence-electron chi connectivity index (χ1n) is 12.6. The number of carbonyl (C=O) groups is 2. The number of rotatable bonds is 12. The van der Waals surface area contributed by atoms with Crippen LogP contribution in [0, 0.1) is 11.8 Å². The Bertz CT molecular complexity index is 502. The molecule has 0 unspecified atom stereocenters. The Balaban J connectivity index is 1.51. The van der Waals surface area contributed by atoms with Crippen LogP contribution in [0.15, 0.2) is 0 Å². The highest BCUT2D eigenvalue weighted by atomic mass is 16.6. The second-order valence-corrected chi connectivity index (χ2v) is 10.5. The summed E-state index contributed by atoms with van der Waals surface area (Å²) >= 11 is 0. The summed E-state index contributed by atoms with van der Waals surface area (Å²) < 4.78 is 11.6. The first-order valence-corrected chi connectivity index (χ1v) is 12.6. The first-order chi connectivity index (χ1) is 14.7. The standard InChI is InChI=1S/C25H46N2O4/c1-24(2,20-12-16-26-17-13-20)30-22(28)10-8-6-5-7-9-11-23(29)31-25(3,4)21-14-18-27-19-15-21/h20-21,26-27H,5-19H2,1-4H3. The Kier molecular flexibility index (Phi) is 10.8. The van der Waals surface area contributed by atoms with Crippen LogP contribution in [0.5, 0.6) is 0 Å². The summed E-state index contributed by atoms with van der Waals surface area (Å²) in [7, 11) is 0. The van der Waals surface area contributed by atoms with Gasteiger partial charge in [-0.3, -0.25) is 9.59 Å². The van der Waals surface area contributed by atoms with Gasteiger partial charge in [-0.1, -0.05) is 19.3 Å². The van der Waals surface area contributed by atoms with Crippen LogP contribution in [-0.4, -0.2) is 49.3 Å². The molecule has 2 aliphatic rings. The third-order valence-electron chi connectivity index (χ3n) is 7.16. The van der Waals surface area contributed by atoms with Crippen molar-refractivity contribution in [1.29, 1.82) is 0 Å². The van der Waals surface area contributed by atoms with Crippen LogP contribution < -0.4 is 10.6 Å². The molecule has 0 spiro atoms. The van der Waals surface area contributed by atoms with E-state index >= 15 is 0 Å². The molecular weight excluding hydrogens is 392 g/mol. The number of ether oxygens (including phenoxy) is 2. The minimum absolute atomic E-state index is 0.0766. The lowest BCUT2D eigenvalue weighted by atomic mass is 9.83. The second-order valence-electron chi connectivity index (χ2n) is 10.5. The summed E-state index contributed by atoms with van der Waals surface area (Å²) in [6, 6.07) is 0. The predicted octanol–water partition coefficient (Wildman–Crippen LogP) is 4.36. The number of carbonyl (C=O) groups excluding carboxylic acids is 2. The van der Waals surface area contributed by atoms with Crippen LogP contribution >= 0.6 is 0 Å². The molecule has 0 radical (unpaired) electrons. The molecule has 0 amide bonds. The number of hydrogen-bond acceptors (Lipinski definition) is 6. The third kappa shape index (κ3) is 9.48. The molecule has 6 nitrogen and oxygen atoms in total. The summed E-state index contributed by atoms with van der Waals surface area (Å²) in [5.74, 6) is 0.730. The topological polar surface area (TPSA) is 76.7 Å². The van der Waals surface area contributed by atoms with Gasteiger partial charge in [0, 0.05) is 24.7 Å². The van der Waals surface area contributed by atoms with Gasteiger partial charge in [-0.2, -0.15) is 0 Å². The van der Waals surface area contributed by atoms with Gasteiger partial charge < -0.3 is 20.1 Å². The highest BCUT2D eigenvalue weighted by Crippen LogP contribution is 2.30. The van der Waals surface area contributed by atoms with E-state index in [-0.39, 0.29) is 23.1 Å². The Morgan fingerprint density at radius 3 is 1.32 bits per heavy atom. The van der Waals surface area contributed by atoms with Gasteiger partial charge in [0.2, 0.25) is 0 Å². The quantitative estimate of drug-likeness (QED) is 0.348. The van der Waals surface area contributed by atoms with E-state index in [1.165, 1.54) is 0 Å². The van der Waals surface area contributed by atoms with Gasteiger partial charge in [-0.15, -0.1) is 0 Å². The fraction of sp³-hybridized carbons (Fsp3) is 0.920. The highest BCUT2D eigenvalue weighted by Gasteiger charge is 2.34. The lowest BCUT2D eigenvalue weighted by Crippen LogP contribution is -2.42. The first kappa shape index (κ1) is 26.1. The molecule has 0 atom stereocenters. The molecule has 0 aliphatic carbocycles. The molecule has 0 saturated carbocycles. The zero-order valence-electron chi connectivity index (χ0n) is 20.4. The summed E-state index contributed by atoms with van der Waals surface area (Å²) in [6.45, 7) is 12.2. The van der Waals surface area contributed by atoms with Crippen molar-refractivity contribution in [2.24, 2.45) is 11.8 Å². The molecule has 31 heavy (non-hydrogen) atoms. The van der Waals surface area contributed by atoms with Crippen LogP contribution in [0.4, 0.5) is 0 Å². The molecule has 2 N–H and O–H groups in total. The minimum Gasteiger partial charge on any atom is -0.459 e. The van der Waals surface area contributed by atoms with E-state index in [9.17, 15) is 9.59 Å². The fourth-order valence-electron chi connectivity index (χ4n) is 4.96. The van der Waals surface area contributed by atoms with Crippen LogP contribution in [0.3, 0.4) is 0 Å². The maximum Gasteiger partial charge on any atom is 0.306 e. The molecule has 0 bridgehead atoms. The average molecular weight is 439 g/mol. The average Bonchev–Trinajstić information content (AvgIpc) is 2.73. The van der Waals surface area contributed by atoms with Gasteiger partial charge in [-0.05, 0) is 92.4 Å². The molecule has 2 fully saturated rings. The van der Waals surface area contributed by atoms with Crippen molar-refractivity contribution in [3.63, 3.8) is 0 Å². The van der Waals surface area contributed by atoms with Crippen molar-refractivity contribution in [2.75, 3.05) is 26.2 Å². The highest BCUT2D eigenvalue weighted by molar-refractivity contribution is 5.70. The Morgan fingerprint density at radius 1 is 0.645 bits per heavy atom. The number of unbranched alkanes of at least 4 members (excludes halogenated alkanes) is 4. The zero-order valence-corrected chi connectivity index (χ0v) is 20.4. The molecule has 6 heteroatoms. The number of piperidine rings is 2. The van der Waals surface area contributed by atoms with Gasteiger partial charge in [0.15, 0.2) is 0 Å². The van der Waals surface area contributed by atoms with E-state index in [0.29, 0.717) is 24.7 Å². The van der Waals surface area contributed by atoms with Gasteiger partial charge in [0.1, 0.15) is 11.2 Å². The summed E-state index contributed by atoms with van der Waals surface area (Å²) in [4.78, 5) is 24.5. The van der Waals surface area contributed by atoms with E-state index in [0.717, 1.165) is 84.0 Å². The number of esters is 2. The largest absolute Gasteiger partial charge is 0.459 e. The minimum atomic E-state index is -0.374. The Labute approximate surface area is 189 Å². The van der Waals surface area contributed by atoms with E-state index in [2.05, 4.69) is 10.6 Å². The maximum atomic E-state index is 12.2. The van der Waals surface area contributed by atoms with Gasteiger partial charge in [0.25, 0.3) is 0 Å².